The molecule has 6 heavy (non-hydrogen) atoms. The monoisotopic (exact) mass is 80.1 g/mol. The van der Waals surface area contributed by atoms with Gasteiger partial charge < -0.3 is 0 Å². The zero-order valence-corrected chi connectivity index (χ0v) is 3.00. The molecule has 0 saturated heterocycles. The summed E-state index contributed by atoms with van der Waals surface area (Å²) in [5.41, 5.74) is 0. The number of hydrogen-bond acceptors (Lipinski definition) is 0. The molecule has 0 aliphatic rings. The first-order valence-corrected chi connectivity index (χ1v) is 1.50. The molecule has 0 saturated carbocycles. The van der Waals surface area contributed by atoms with Crippen LogP contribution in [0.5, 0.6) is 0 Å². The molecule has 0 spiro atoms. The first-order chi connectivity index (χ1) is 4.63. The van der Waals surface area contributed by atoms with Crippen molar-refractivity contribution in [3.05, 3.63) is 36.3 Å². The van der Waals surface area contributed by atoms with Crippen molar-refractivity contribution in [3.8, 4) is 0 Å². The fourth-order valence-electron chi connectivity index (χ4n) is 0.188. The minimum atomic E-state index is -0.260. The first-order valence-electron chi connectivity index (χ1n) is 3.50. The van der Waals surface area contributed by atoms with Crippen molar-refractivity contribution in [1.82, 2.24) is 0 Å². The normalized spacial score (nSPS) is 16.0. The van der Waals surface area contributed by atoms with E-state index in [-0.39, 0.29) is 24.2 Å². The lowest BCUT2D eigenvalue weighted by Gasteiger charge is -1.61. The predicted molar refractivity (Wildman–Crippen MR) is 24.1 cm³/mol. The van der Waals surface area contributed by atoms with Crippen LogP contribution in [-0.2, 0) is 0 Å². The van der Waals surface area contributed by atoms with Gasteiger partial charge in [0, 0.05) is 0 Å². The van der Waals surface area contributed by atoms with E-state index < -0.39 is 0 Å². The average Bonchev–Trinajstić information content (AvgIpc) is 1.93. The van der Waals surface area contributed by atoms with Crippen molar-refractivity contribution in [2.75, 3.05) is 0 Å². The summed E-state index contributed by atoms with van der Waals surface area (Å²) >= 11 is 0. The molecule has 0 heterocycles. The third kappa shape index (κ3) is 0.498. The Balaban J connectivity index is 3.34. The fraction of sp³-hybridized carbons (Fsp3) is 0. The highest BCUT2D eigenvalue weighted by Crippen LogP contribution is 1.71. The highest BCUT2D eigenvalue weighted by Gasteiger charge is 1.53. The van der Waals surface area contributed by atoms with Gasteiger partial charge in [0.05, 0.1) is 5.48 Å². The highest BCUT2D eigenvalue weighted by molar-refractivity contribution is 4.89. The summed E-state index contributed by atoms with van der Waals surface area (Å²) in [5.74, 6) is 0. The van der Waals surface area contributed by atoms with Gasteiger partial charge >= 0.3 is 0 Å². The topological polar surface area (TPSA) is 0 Å². The van der Waals surface area contributed by atoms with Gasteiger partial charge in [-0.2, -0.15) is 0 Å². The van der Waals surface area contributed by atoms with Crippen molar-refractivity contribution in [3.63, 3.8) is 0 Å². The van der Waals surface area contributed by atoms with E-state index in [9.17, 15) is 0 Å². The first kappa shape index (κ1) is 1.01. The van der Waals surface area contributed by atoms with Gasteiger partial charge in [0.2, 0.25) is 0 Å². The van der Waals surface area contributed by atoms with Crippen molar-refractivity contribution in [2.45, 2.75) is 0 Å². The predicted octanol–water partition coefficient (Wildman–Crippen LogP) is 1.29. The number of hydrogen-bond donors (Lipinski definition) is 0. The smallest absolute Gasteiger partial charge is 0.0702 e. The molecule has 1 aromatic carbocycles. The molecule has 28 valence electrons. The minimum absolute atomic E-state index is 0.180. The molecule has 0 radical (unpaired) electrons. The van der Waals surface area contributed by atoms with E-state index in [4.69, 9.17) is 5.48 Å². The summed E-state index contributed by atoms with van der Waals surface area (Å²) in [6.07, 6.45) is 0. The van der Waals surface area contributed by atoms with Gasteiger partial charge in [-0.25, -0.2) is 0 Å². The summed E-state index contributed by atoms with van der Waals surface area (Å²) in [7, 11) is 0. The van der Waals surface area contributed by atoms with Crippen molar-refractivity contribution < 1.29 is 5.48 Å². The maximum Gasteiger partial charge on any atom is 0.0720 e. The molecule has 0 aliphatic heterocycles. The Morgan fingerprint density at radius 1 is 1.17 bits per heavy atom. The Hall–Kier alpha value is -0.960. The summed E-state index contributed by atoms with van der Waals surface area (Å²) < 4.78 is 28.0. The Bertz CT molecular complexity index is 229. The minimum Gasteiger partial charge on any atom is -0.0702 e. The lowest BCUT2D eigenvalue weighted by atomic mass is 10.4. The SMILES string of the molecule is [2H]c1c#cc([2H])c([2H])c1[2H]. The molecule has 0 heteroatoms. The highest BCUT2D eigenvalue weighted by atomic mass is 13.6. The zero-order chi connectivity index (χ0) is 7.72. The zero-order valence-electron chi connectivity index (χ0n) is 7.00. The van der Waals surface area contributed by atoms with Crippen LogP contribution in [0, 0.1) is 12.1 Å². The van der Waals surface area contributed by atoms with Crippen LogP contribution in [0.3, 0.4) is 0 Å². The van der Waals surface area contributed by atoms with Crippen molar-refractivity contribution in [2.24, 2.45) is 0 Å². The third-order valence-corrected chi connectivity index (χ3v) is 0.375. The molecule has 0 N–H and O–H groups in total. The van der Waals surface area contributed by atoms with Crippen LogP contribution in [0.4, 0.5) is 0 Å². The van der Waals surface area contributed by atoms with Gasteiger partial charge in [0.1, 0.15) is 0 Å². The van der Waals surface area contributed by atoms with Gasteiger partial charge in [0.15, 0.2) is 0 Å². The Morgan fingerprint density at radius 2 is 1.67 bits per heavy atom. The lowest BCUT2D eigenvalue weighted by Crippen LogP contribution is -1.43. The molecule has 0 fully saturated rings. The molecule has 0 aliphatic carbocycles. The molecule has 1 aromatic rings. The molecule has 0 aromatic heterocycles. The maximum absolute atomic E-state index is 7.04. The third-order valence-electron chi connectivity index (χ3n) is 0.375. The van der Waals surface area contributed by atoms with Crippen molar-refractivity contribution >= 4 is 0 Å². The van der Waals surface area contributed by atoms with Crippen LogP contribution in [0.2, 0.25) is 0 Å². The Kier molecular flexibility index (Phi) is 0.247. The van der Waals surface area contributed by atoms with Crippen LogP contribution >= 0.6 is 0 Å². The average molecular weight is 80.1 g/mol. The summed E-state index contributed by atoms with van der Waals surface area (Å²) in [4.78, 5) is 0. The van der Waals surface area contributed by atoms with Crippen molar-refractivity contribution in [1.29, 1.82) is 0 Å². The van der Waals surface area contributed by atoms with Gasteiger partial charge in [-0.05, 0) is 12.1 Å². The lowest BCUT2D eigenvalue weighted by molar-refractivity contribution is 1.76. The van der Waals surface area contributed by atoms with E-state index in [0.717, 1.165) is 0 Å². The van der Waals surface area contributed by atoms with Crippen LogP contribution in [0.1, 0.15) is 5.48 Å². The molecule has 0 unspecified atom stereocenters. The maximum atomic E-state index is 7.04. The van der Waals surface area contributed by atoms with Gasteiger partial charge in [-0.15, -0.1) is 0 Å². The molecule has 0 nitrogen and oxygen atoms in total. The number of rotatable bonds is 0. The second kappa shape index (κ2) is 1.47. The fourth-order valence-corrected chi connectivity index (χ4v) is 0.188. The van der Waals surface area contributed by atoms with Crippen LogP contribution in [-0.4, -0.2) is 0 Å². The van der Waals surface area contributed by atoms with E-state index >= 15 is 0 Å². The summed E-state index contributed by atoms with van der Waals surface area (Å²) in [6.45, 7) is 0. The standard InChI is InChI=1S/C6H4/c1-2-4-6-5-3-1/h1-4H/i1D,2D,3D,4D. The second-order valence-electron chi connectivity index (χ2n) is 0.750. The second-order valence-corrected chi connectivity index (χ2v) is 0.750. The van der Waals surface area contributed by atoms with E-state index in [1.165, 1.54) is 0 Å². The largest absolute Gasteiger partial charge is 0.0720 e. The Labute approximate surface area is 43.1 Å². The van der Waals surface area contributed by atoms with E-state index in [1.54, 1.807) is 0 Å². The molecular formula is C6H4. The van der Waals surface area contributed by atoms with E-state index in [0.29, 0.717) is 0 Å². The van der Waals surface area contributed by atoms with Crippen LogP contribution in [0.25, 0.3) is 0 Å². The molecule has 0 bridgehead atoms. The molecular weight excluding hydrogens is 72.1 g/mol. The van der Waals surface area contributed by atoms with Crippen LogP contribution in [0.15, 0.2) is 24.2 Å². The Morgan fingerprint density at radius 3 is 2.17 bits per heavy atom. The molecule has 0 atom stereocenters. The summed E-state index contributed by atoms with van der Waals surface area (Å²) in [5, 5.41) is 0. The summed E-state index contributed by atoms with van der Waals surface area (Å²) in [6, 6.07) is 3.63. The van der Waals surface area contributed by atoms with Gasteiger partial charge in [0.25, 0.3) is 0 Å². The van der Waals surface area contributed by atoms with E-state index in [2.05, 4.69) is 12.1 Å². The van der Waals surface area contributed by atoms with Gasteiger partial charge in [-0.1, -0.05) is 24.2 Å². The van der Waals surface area contributed by atoms with E-state index in [1.807, 2.05) is 0 Å². The van der Waals surface area contributed by atoms with Gasteiger partial charge in [-0.3, -0.25) is 0 Å². The van der Waals surface area contributed by atoms with Crippen LogP contribution < -0.4 is 0 Å². The quantitative estimate of drug-likeness (QED) is 0.440. The molecule has 1 rings (SSSR count). The molecule has 0 amide bonds.